The predicted molar refractivity (Wildman–Crippen MR) is 71.5 cm³/mol. The lowest BCUT2D eigenvalue weighted by atomic mass is 10.2. The maximum Gasteiger partial charge on any atom is 0.236 e. The van der Waals surface area contributed by atoms with Gasteiger partial charge in [0, 0.05) is 25.3 Å². The summed E-state index contributed by atoms with van der Waals surface area (Å²) in [5, 5.41) is 0.735. The summed E-state index contributed by atoms with van der Waals surface area (Å²) in [5.41, 5.74) is 0.710. The number of halogens is 2. The van der Waals surface area contributed by atoms with Gasteiger partial charge in [0.15, 0.2) is 0 Å². The molecule has 0 heterocycles. The molecule has 1 saturated carbocycles. The minimum absolute atomic E-state index is 0.123. The van der Waals surface area contributed by atoms with Crippen LogP contribution in [0.15, 0.2) is 27.6 Å². The molecule has 1 aliphatic rings. The van der Waals surface area contributed by atoms with E-state index in [2.05, 4.69) is 15.9 Å². The van der Waals surface area contributed by atoms with Crippen molar-refractivity contribution in [2.75, 3.05) is 0 Å². The highest BCUT2D eigenvalue weighted by Crippen LogP contribution is 2.42. The Labute approximate surface area is 112 Å². The molecule has 88 valence electrons. The summed E-state index contributed by atoms with van der Waals surface area (Å²) >= 11 is 5.29. The molecule has 0 bridgehead atoms. The van der Waals surface area contributed by atoms with Crippen molar-refractivity contribution in [2.45, 2.75) is 28.7 Å². The molecule has 0 unspecified atom stereocenters. The first-order chi connectivity index (χ1) is 7.44. The SMILES string of the molecule is O=S(=O)(Cl)Cc1ccc(SC2CC2)c(Br)c1. The summed E-state index contributed by atoms with van der Waals surface area (Å²) in [4.78, 5) is 1.17. The normalized spacial score (nSPS) is 16.4. The van der Waals surface area contributed by atoms with Crippen molar-refractivity contribution < 1.29 is 8.42 Å². The zero-order valence-electron chi connectivity index (χ0n) is 8.32. The Morgan fingerprint density at radius 2 is 2.12 bits per heavy atom. The first-order valence-corrected chi connectivity index (χ1v) is 8.96. The number of thioether (sulfide) groups is 1. The smallest absolute Gasteiger partial charge is 0.212 e. The predicted octanol–water partition coefficient (Wildman–Crippen LogP) is 3.77. The summed E-state index contributed by atoms with van der Waals surface area (Å²) in [7, 11) is 1.73. The number of benzene rings is 1. The van der Waals surface area contributed by atoms with Gasteiger partial charge in [-0.1, -0.05) is 6.07 Å². The second kappa shape index (κ2) is 4.88. The molecule has 0 saturated heterocycles. The fourth-order valence-electron chi connectivity index (χ4n) is 1.29. The number of hydrogen-bond donors (Lipinski definition) is 0. The Bertz CT molecular complexity index is 498. The van der Waals surface area contributed by atoms with E-state index in [1.807, 2.05) is 30.0 Å². The van der Waals surface area contributed by atoms with Gasteiger partial charge in [0.05, 0.1) is 5.75 Å². The van der Waals surface area contributed by atoms with Crippen molar-refractivity contribution in [2.24, 2.45) is 0 Å². The van der Waals surface area contributed by atoms with Crippen LogP contribution in [0.2, 0.25) is 0 Å². The third-order valence-electron chi connectivity index (χ3n) is 2.15. The molecular formula is C10H10BrClO2S2. The van der Waals surface area contributed by atoms with Crippen LogP contribution < -0.4 is 0 Å². The Kier molecular flexibility index (Phi) is 3.89. The van der Waals surface area contributed by atoms with Gasteiger partial charge in [0.25, 0.3) is 0 Å². The van der Waals surface area contributed by atoms with Crippen LogP contribution in [0.3, 0.4) is 0 Å². The summed E-state index contributed by atoms with van der Waals surface area (Å²) in [6.07, 6.45) is 2.55. The van der Waals surface area contributed by atoms with E-state index in [4.69, 9.17) is 10.7 Å². The van der Waals surface area contributed by atoms with Crippen molar-refractivity contribution in [1.82, 2.24) is 0 Å². The van der Waals surface area contributed by atoms with Gasteiger partial charge in [-0.2, -0.15) is 0 Å². The maximum atomic E-state index is 10.9. The monoisotopic (exact) mass is 340 g/mol. The number of hydrogen-bond acceptors (Lipinski definition) is 3. The summed E-state index contributed by atoms with van der Waals surface area (Å²) in [6.45, 7) is 0. The summed E-state index contributed by atoms with van der Waals surface area (Å²) in [5.74, 6) is -0.123. The highest BCUT2D eigenvalue weighted by Gasteiger charge is 2.23. The van der Waals surface area contributed by atoms with Gasteiger partial charge >= 0.3 is 0 Å². The van der Waals surface area contributed by atoms with Gasteiger partial charge in [-0.3, -0.25) is 0 Å². The second-order valence-corrected chi connectivity index (χ2v) is 8.74. The van der Waals surface area contributed by atoms with Crippen LogP contribution in [0.1, 0.15) is 18.4 Å². The molecule has 0 aromatic heterocycles. The lowest BCUT2D eigenvalue weighted by Crippen LogP contribution is -1.95. The van der Waals surface area contributed by atoms with Crippen LogP contribution in [-0.4, -0.2) is 13.7 Å². The van der Waals surface area contributed by atoms with Gasteiger partial charge in [-0.15, -0.1) is 11.8 Å². The molecular weight excluding hydrogens is 332 g/mol. The lowest BCUT2D eigenvalue weighted by molar-refractivity contribution is 0.609. The van der Waals surface area contributed by atoms with Crippen molar-refractivity contribution in [3.8, 4) is 0 Å². The zero-order valence-corrected chi connectivity index (χ0v) is 12.3. The highest BCUT2D eigenvalue weighted by molar-refractivity contribution is 9.10. The van der Waals surface area contributed by atoms with E-state index in [9.17, 15) is 8.42 Å². The zero-order chi connectivity index (χ0) is 11.8. The molecule has 0 atom stereocenters. The van der Waals surface area contributed by atoms with E-state index < -0.39 is 9.05 Å². The molecule has 0 spiro atoms. The molecule has 1 aromatic carbocycles. The molecule has 2 nitrogen and oxygen atoms in total. The Morgan fingerprint density at radius 1 is 1.44 bits per heavy atom. The van der Waals surface area contributed by atoms with Gasteiger partial charge in [-0.05, 0) is 46.5 Å². The fraction of sp³-hybridized carbons (Fsp3) is 0.400. The van der Waals surface area contributed by atoms with Gasteiger partial charge in [0.2, 0.25) is 9.05 Å². The average Bonchev–Trinajstić information content (AvgIpc) is 2.90. The maximum absolute atomic E-state index is 10.9. The van der Waals surface area contributed by atoms with E-state index in [-0.39, 0.29) is 5.75 Å². The van der Waals surface area contributed by atoms with Gasteiger partial charge < -0.3 is 0 Å². The summed E-state index contributed by atoms with van der Waals surface area (Å²) < 4.78 is 22.8. The van der Waals surface area contributed by atoms with Crippen LogP contribution in [0.5, 0.6) is 0 Å². The fourth-order valence-corrected chi connectivity index (χ4v) is 4.01. The minimum Gasteiger partial charge on any atom is -0.212 e. The molecule has 0 aliphatic heterocycles. The van der Waals surface area contributed by atoms with Crippen molar-refractivity contribution in [1.29, 1.82) is 0 Å². The number of rotatable bonds is 4. The standard InChI is InChI=1S/C10H10BrClO2S2/c11-9-5-7(6-16(12,13)14)1-4-10(9)15-8-2-3-8/h1,4-5,8H,2-3,6H2. The topological polar surface area (TPSA) is 34.1 Å². The summed E-state index contributed by atoms with van der Waals surface area (Å²) in [6, 6.07) is 5.59. The molecule has 0 amide bonds. The Balaban J connectivity index is 2.14. The van der Waals surface area contributed by atoms with Crippen molar-refractivity contribution in [3.63, 3.8) is 0 Å². The molecule has 0 N–H and O–H groups in total. The van der Waals surface area contributed by atoms with E-state index in [0.29, 0.717) is 5.56 Å². The first-order valence-electron chi connectivity index (χ1n) is 4.81. The van der Waals surface area contributed by atoms with Gasteiger partial charge in [-0.25, -0.2) is 8.42 Å². The third kappa shape index (κ3) is 3.95. The third-order valence-corrected chi connectivity index (χ3v) is 5.49. The van der Waals surface area contributed by atoms with E-state index in [1.54, 1.807) is 0 Å². The van der Waals surface area contributed by atoms with Crippen molar-refractivity contribution in [3.05, 3.63) is 28.2 Å². The van der Waals surface area contributed by atoms with Crippen molar-refractivity contribution >= 4 is 47.4 Å². The van der Waals surface area contributed by atoms with Crippen LogP contribution >= 0.6 is 38.4 Å². The molecule has 2 rings (SSSR count). The lowest BCUT2D eigenvalue weighted by Gasteiger charge is -2.05. The molecule has 6 heteroatoms. The van der Waals surface area contributed by atoms with Crippen LogP contribution in [0.4, 0.5) is 0 Å². The van der Waals surface area contributed by atoms with E-state index in [1.165, 1.54) is 17.7 Å². The first kappa shape index (κ1) is 12.7. The van der Waals surface area contributed by atoms with Crippen LogP contribution in [-0.2, 0) is 14.8 Å². The highest BCUT2D eigenvalue weighted by atomic mass is 79.9. The minimum atomic E-state index is -3.47. The average molecular weight is 342 g/mol. The molecule has 1 aromatic rings. The molecule has 1 fully saturated rings. The van der Waals surface area contributed by atoms with Gasteiger partial charge in [0.1, 0.15) is 0 Å². The Hall–Kier alpha value is 0.290. The van der Waals surface area contributed by atoms with Crippen LogP contribution in [0, 0.1) is 0 Å². The quantitative estimate of drug-likeness (QED) is 0.782. The molecule has 16 heavy (non-hydrogen) atoms. The second-order valence-electron chi connectivity index (χ2n) is 3.77. The largest absolute Gasteiger partial charge is 0.236 e. The van der Waals surface area contributed by atoms with Crippen LogP contribution in [0.25, 0.3) is 0 Å². The van der Waals surface area contributed by atoms with E-state index >= 15 is 0 Å². The Morgan fingerprint density at radius 3 is 2.62 bits per heavy atom. The molecule has 1 aliphatic carbocycles. The molecule has 0 radical (unpaired) electrons. The van der Waals surface area contributed by atoms with E-state index in [0.717, 1.165) is 9.72 Å².